The Kier molecular flexibility index (Phi) is 28.5. The minimum atomic E-state index is -2.79. The first-order chi connectivity index (χ1) is 47.7. The monoisotopic (exact) mass is 1520 g/mol. The van der Waals surface area contributed by atoms with Crippen molar-refractivity contribution >= 4 is 16.6 Å². The van der Waals surface area contributed by atoms with Crippen molar-refractivity contribution in [3.05, 3.63) is 0 Å². The lowest BCUT2D eigenvalue weighted by molar-refractivity contribution is -0.403. The molecule has 0 saturated carbocycles. The third kappa shape index (κ3) is 17.4. The van der Waals surface area contributed by atoms with Crippen molar-refractivity contribution in [2.24, 2.45) is 0 Å². The summed E-state index contributed by atoms with van der Waals surface area (Å²) in [6.45, 7) is 11.5. The second-order valence-corrected chi connectivity index (χ2v) is 39.9. The Morgan fingerprint density at radius 1 is 0.216 bits per heavy atom. The molecular formula is C60H108O40Si2. The summed E-state index contributed by atoms with van der Waals surface area (Å²) in [6, 6.07) is 0. The van der Waals surface area contributed by atoms with Gasteiger partial charge in [-0.1, -0.05) is 41.5 Å². The summed E-state index contributed by atoms with van der Waals surface area (Å²) in [7, 11) is -5.58. The molecule has 0 radical (unpaired) electrons. The number of aliphatic hydroxyl groups excluding tert-OH is 22. The van der Waals surface area contributed by atoms with E-state index in [0.29, 0.717) is 0 Å². The molecule has 596 valence electrons. The molecule has 40 atom stereocenters. The maximum atomic E-state index is 12.0. The molecule has 0 aromatic heterocycles. The van der Waals surface area contributed by atoms with Crippen LogP contribution in [0.1, 0.15) is 41.5 Å². The predicted octanol–water partition coefficient (Wildman–Crippen LogP) is -11.3. The van der Waals surface area contributed by atoms with Crippen LogP contribution in [0.15, 0.2) is 0 Å². The summed E-state index contributed by atoms with van der Waals surface area (Å²) in [5.41, 5.74) is 0. The molecule has 30 aliphatic rings. The van der Waals surface area contributed by atoms with Gasteiger partial charge in [-0.2, -0.15) is 0 Å². The summed E-state index contributed by atoms with van der Waals surface area (Å²) in [6.07, 6.45) is -80.5. The van der Waals surface area contributed by atoms with Gasteiger partial charge in [0.1, 0.15) is 195 Å². The molecule has 0 spiro atoms. The highest BCUT2D eigenvalue weighted by molar-refractivity contribution is 6.74. The second-order valence-electron chi connectivity index (χ2n) is 30.2. The molecule has 16 bridgehead atoms. The van der Waals surface area contributed by atoms with E-state index in [1.165, 1.54) is 0 Å². The Morgan fingerprint density at radius 2 is 0.343 bits per heavy atom. The minimum absolute atomic E-state index is 0.466. The van der Waals surface area contributed by atoms with Crippen LogP contribution in [0.5, 0.6) is 0 Å². The molecule has 42 heteroatoms. The van der Waals surface area contributed by atoms with E-state index in [0.717, 1.165) is 0 Å². The fourth-order valence-electron chi connectivity index (χ4n) is 12.9. The van der Waals surface area contributed by atoms with Crippen LogP contribution in [0.2, 0.25) is 36.3 Å². The molecule has 0 aliphatic carbocycles. The highest BCUT2D eigenvalue weighted by atomic mass is 28.4. The average Bonchev–Trinajstić information content (AvgIpc) is 0.763. The van der Waals surface area contributed by atoms with Gasteiger partial charge in [0, 0.05) is 0 Å². The summed E-state index contributed by atoms with van der Waals surface area (Å²) in [5, 5.41) is 251. The highest BCUT2D eigenvalue weighted by Crippen LogP contribution is 2.43. The van der Waals surface area contributed by atoms with Gasteiger partial charge >= 0.3 is 0 Å². The van der Waals surface area contributed by atoms with Crippen molar-refractivity contribution in [3.8, 4) is 0 Å². The van der Waals surface area contributed by atoms with Gasteiger partial charge in [0.25, 0.3) is 0 Å². The molecule has 0 aromatic rings. The van der Waals surface area contributed by atoms with Gasteiger partial charge in [0.15, 0.2) is 67.0 Å². The Morgan fingerprint density at radius 3 is 0.471 bits per heavy atom. The first-order valence-electron chi connectivity index (χ1n) is 34.0. The number of aliphatic hydroxyl groups is 22. The van der Waals surface area contributed by atoms with Crippen LogP contribution < -0.4 is 0 Å². The molecule has 0 aromatic carbocycles. The quantitative estimate of drug-likeness (QED) is 0.0807. The Labute approximate surface area is 588 Å². The van der Waals surface area contributed by atoms with Gasteiger partial charge in [-0.25, -0.2) is 0 Å². The zero-order valence-corrected chi connectivity index (χ0v) is 59.9. The minimum Gasteiger partial charge on any atom is -0.414 e. The molecule has 102 heavy (non-hydrogen) atoms. The topological polar surface area (TPSA) is 611 Å². The van der Waals surface area contributed by atoms with Gasteiger partial charge in [0.2, 0.25) is 0 Å². The number of hydrogen-bond acceptors (Lipinski definition) is 40. The maximum absolute atomic E-state index is 12.0. The summed E-state index contributed by atoms with van der Waals surface area (Å²) >= 11 is 0. The van der Waals surface area contributed by atoms with E-state index in [9.17, 15) is 112 Å². The SMILES string of the molecule is CC(C)(C)[Si](C)(C)OC[C@H]1O[C@@H]2O[C@H]3[C@H](O)[C@@H](O)[C@@H](O[C@H]4[C@@H](O)[C@@H](O)[C@@H](O[C@H]5[C@H](O)[C@@H](O)[C@@H](O[C@H]6[C@@H](O)[C@H](O)[C@@H](O[C@H]7[C@H](O)[C@@H](O)[C@@H](O[C@H]8[C@H](O)[C@@H](O)[C@@H](O[C@H]9[C@H](O)[C@@H](O)[C@@H](O[C@H]1[C@H](O)[C@H]2O)O[C@@H]9CO)O[C@@H]8CO)O[C@@H]7CO)O[C@@H]6CO)O[C@@H]5CO[Si](C)(C)C(C)(C)C)O[C@@H]4CO)O[C@@H]3CO. The maximum Gasteiger partial charge on any atom is 0.192 e. The van der Waals surface area contributed by atoms with Crippen LogP contribution in [-0.2, 0) is 84.6 Å². The van der Waals surface area contributed by atoms with E-state index >= 15 is 0 Å². The highest BCUT2D eigenvalue weighted by Gasteiger charge is 2.61. The van der Waals surface area contributed by atoms with Crippen molar-refractivity contribution < 1.29 is 197 Å². The van der Waals surface area contributed by atoms with Crippen molar-refractivity contribution in [2.75, 3.05) is 52.9 Å². The van der Waals surface area contributed by atoms with Gasteiger partial charge in [-0.3, -0.25) is 0 Å². The molecule has 0 unspecified atom stereocenters. The molecule has 30 rings (SSSR count). The van der Waals surface area contributed by atoms with Crippen LogP contribution in [0.3, 0.4) is 0 Å². The van der Waals surface area contributed by atoms with Gasteiger partial charge in [-0.05, 0) is 36.3 Å². The van der Waals surface area contributed by atoms with Gasteiger partial charge in [0.05, 0.1) is 52.9 Å². The fraction of sp³-hybridized carbons (Fsp3) is 1.00. The molecule has 30 fully saturated rings. The van der Waals surface area contributed by atoms with E-state index in [2.05, 4.69) is 0 Å². The van der Waals surface area contributed by atoms with Gasteiger partial charge in [-0.15, -0.1) is 0 Å². The first-order valence-corrected chi connectivity index (χ1v) is 39.8. The summed E-state index contributed by atoms with van der Waals surface area (Å²) in [4.78, 5) is 0. The number of rotatable bonds is 12. The average molecular weight is 1530 g/mol. The van der Waals surface area contributed by atoms with E-state index in [1.54, 1.807) is 0 Å². The standard InChI is InChI=1S/C60H108O40Si2/c1-59(2,3)101(7,8)83-17-25-49-34(74)42(82)58(92-25)98-48-24(16-66)88-54(38(78)30(48)70)96-46-22(14-64)90-56(40(80)32(46)72)100-50-26(18-84-102(9,10)60(4,5)6)91-57(41(81)33(50)73)97-47-23(15-65)87-53(37(77)29(47)69)94-44-20(12-62)85-51(35(75)27(44)67)93-43-19(11-61)86-52(36(76)28(43)68)95-45-21(13-63)89-55(99-49)39(79)31(45)71/h19-58,61-82H,11-18H2,1-10H3/t19-,20-,21-,22-,23-,24-,25-,26-,27-,28-,29+,30-,31-,32+,33-,34-,35-,36-,37+,38-,39-,40-,41-,42-,43-,44-,45-,46-,47-,48-,49-,50-,51-,52-,53-,54-,55-,56-,57-,58-/m1/s1. The largest absolute Gasteiger partial charge is 0.414 e. The lowest BCUT2D eigenvalue weighted by Crippen LogP contribution is -2.69. The van der Waals surface area contributed by atoms with Crippen LogP contribution in [0, 0.1) is 0 Å². The van der Waals surface area contributed by atoms with Crippen LogP contribution in [-0.4, -0.2) is 427 Å². The normalized spacial score (nSPS) is 50.1. The second kappa shape index (κ2) is 34.2. The van der Waals surface area contributed by atoms with Crippen molar-refractivity contribution in [2.45, 2.75) is 323 Å². The molecule has 22 N–H and O–H groups in total. The summed E-state index contributed by atoms with van der Waals surface area (Å²) < 4.78 is 108. The van der Waals surface area contributed by atoms with E-state index < -0.39 is 325 Å². The third-order valence-electron chi connectivity index (χ3n) is 21.4. The molecule has 30 aliphatic heterocycles. The molecule has 30 saturated heterocycles. The Bertz CT molecular complexity index is 2560. The van der Waals surface area contributed by atoms with Gasteiger partial charge < -0.3 is 197 Å². The number of hydrogen-bond donors (Lipinski definition) is 22. The Hall–Kier alpha value is -1.17. The van der Waals surface area contributed by atoms with Crippen molar-refractivity contribution in [1.29, 1.82) is 0 Å². The molecule has 30 heterocycles. The van der Waals surface area contributed by atoms with Crippen LogP contribution in [0.4, 0.5) is 0 Å². The summed E-state index contributed by atoms with van der Waals surface area (Å²) in [5.74, 6) is 0. The fourth-order valence-corrected chi connectivity index (χ4v) is 14.9. The number of ether oxygens (including phenoxy) is 16. The third-order valence-corrected chi connectivity index (χ3v) is 30.4. The lowest BCUT2D eigenvalue weighted by Gasteiger charge is -2.51. The van der Waals surface area contributed by atoms with E-state index in [4.69, 9.17) is 84.6 Å². The molecular weight excluding hydrogens is 1420 g/mol. The van der Waals surface area contributed by atoms with E-state index in [1.807, 2.05) is 67.7 Å². The Balaban J connectivity index is 1.03. The van der Waals surface area contributed by atoms with Crippen molar-refractivity contribution in [1.82, 2.24) is 0 Å². The van der Waals surface area contributed by atoms with Crippen LogP contribution in [0.25, 0.3) is 0 Å². The predicted molar refractivity (Wildman–Crippen MR) is 333 cm³/mol. The molecule has 40 nitrogen and oxygen atoms in total. The first kappa shape index (κ1) is 84.8. The van der Waals surface area contributed by atoms with Crippen molar-refractivity contribution in [3.63, 3.8) is 0 Å². The van der Waals surface area contributed by atoms with E-state index in [-0.39, 0.29) is 0 Å². The zero-order valence-electron chi connectivity index (χ0n) is 57.9. The molecule has 0 amide bonds. The lowest BCUT2D eigenvalue weighted by atomic mass is 9.94. The smallest absolute Gasteiger partial charge is 0.192 e. The zero-order chi connectivity index (χ0) is 75.5. The van der Waals surface area contributed by atoms with Crippen LogP contribution >= 0.6 is 0 Å².